The third-order valence-corrected chi connectivity index (χ3v) is 5.86. The Morgan fingerprint density at radius 3 is 2.66 bits per heavy atom. The van der Waals surface area contributed by atoms with E-state index in [0.717, 1.165) is 42.4 Å². The molecular formula is C23H37IN4O3S. The predicted molar refractivity (Wildman–Crippen MR) is 143 cm³/mol. The molecule has 2 rings (SSSR count). The van der Waals surface area contributed by atoms with Gasteiger partial charge in [-0.15, -0.1) is 35.3 Å². The summed E-state index contributed by atoms with van der Waals surface area (Å²) in [5.41, 5.74) is 0.113. The topological polar surface area (TPSA) is 78.4 Å². The zero-order valence-electron chi connectivity index (χ0n) is 19.5. The fraction of sp³-hybridized carbons (Fsp3) is 0.522. The first-order valence-corrected chi connectivity index (χ1v) is 11.5. The summed E-state index contributed by atoms with van der Waals surface area (Å²) >= 11 is 1.55. The highest BCUT2D eigenvalue weighted by Gasteiger charge is 2.24. The Labute approximate surface area is 213 Å². The Morgan fingerprint density at radius 2 is 1.97 bits per heavy atom. The fourth-order valence-electron chi connectivity index (χ4n) is 2.85. The molecule has 0 amide bonds. The van der Waals surface area contributed by atoms with Gasteiger partial charge in [-0.1, -0.05) is 18.2 Å². The smallest absolute Gasteiger partial charge is 0.191 e. The van der Waals surface area contributed by atoms with Crippen LogP contribution in [0, 0.1) is 0 Å². The first-order chi connectivity index (χ1) is 14.9. The van der Waals surface area contributed by atoms with Crippen molar-refractivity contribution in [3.8, 4) is 5.75 Å². The van der Waals surface area contributed by atoms with Gasteiger partial charge in [0.05, 0.1) is 19.7 Å². The Balaban J connectivity index is 0.00000512. The lowest BCUT2D eigenvalue weighted by atomic mass is 10.1. The van der Waals surface area contributed by atoms with Gasteiger partial charge in [-0.25, -0.2) is 4.99 Å². The first kappa shape index (κ1) is 28.6. The van der Waals surface area contributed by atoms with Gasteiger partial charge in [-0.2, -0.15) is 0 Å². The molecular weight excluding hydrogens is 539 g/mol. The number of aliphatic imine (C=N–C) groups is 1. The van der Waals surface area contributed by atoms with Crippen LogP contribution in [0.25, 0.3) is 0 Å². The Morgan fingerprint density at radius 1 is 1.19 bits per heavy atom. The lowest BCUT2D eigenvalue weighted by Crippen LogP contribution is -2.44. The second-order valence-electron chi connectivity index (χ2n) is 7.59. The van der Waals surface area contributed by atoms with E-state index in [9.17, 15) is 5.11 Å². The van der Waals surface area contributed by atoms with Crippen molar-refractivity contribution in [1.82, 2.24) is 15.5 Å². The van der Waals surface area contributed by atoms with E-state index in [4.69, 9.17) is 9.47 Å². The van der Waals surface area contributed by atoms with Gasteiger partial charge in [-0.05, 0) is 50.0 Å². The summed E-state index contributed by atoms with van der Waals surface area (Å²) in [5.74, 6) is 1.51. The van der Waals surface area contributed by atoms with Crippen molar-refractivity contribution < 1.29 is 14.6 Å². The molecule has 0 fully saturated rings. The van der Waals surface area contributed by atoms with Crippen molar-refractivity contribution in [2.45, 2.75) is 26.0 Å². The Bertz CT molecular complexity index is 787. The molecule has 1 aromatic heterocycles. The maximum absolute atomic E-state index is 10.7. The maximum Gasteiger partial charge on any atom is 0.191 e. The molecule has 3 N–H and O–H groups in total. The summed E-state index contributed by atoms with van der Waals surface area (Å²) in [5, 5.41) is 19.2. The molecule has 1 aromatic carbocycles. The molecule has 0 spiro atoms. The highest BCUT2D eigenvalue weighted by Crippen LogP contribution is 2.24. The quantitative estimate of drug-likeness (QED) is 0.193. The van der Waals surface area contributed by atoms with Crippen LogP contribution in [0.15, 0.2) is 46.8 Å². The zero-order valence-corrected chi connectivity index (χ0v) is 22.6. The van der Waals surface area contributed by atoms with Gasteiger partial charge in [-0.3, -0.25) is 0 Å². The molecule has 9 heteroatoms. The normalized spacial score (nSPS) is 13.4. The predicted octanol–water partition coefficient (Wildman–Crippen LogP) is 3.29. The number of aliphatic hydroxyl groups is 1. The minimum Gasteiger partial charge on any atom is -0.492 e. The van der Waals surface area contributed by atoms with E-state index in [1.54, 1.807) is 18.4 Å². The van der Waals surface area contributed by atoms with Crippen LogP contribution in [-0.2, 0) is 16.9 Å². The Hall–Kier alpha value is -1.40. The van der Waals surface area contributed by atoms with Gasteiger partial charge in [0.1, 0.15) is 18.0 Å². The molecule has 1 unspecified atom stereocenters. The molecule has 0 aliphatic rings. The van der Waals surface area contributed by atoms with Crippen molar-refractivity contribution in [3.05, 3.63) is 52.2 Å². The van der Waals surface area contributed by atoms with E-state index in [-0.39, 0.29) is 24.0 Å². The molecule has 32 heavy (non-hydrogen) atoms. The van der Waals surface area contributed by atoms with E-state index in [1.165, 1.54) is 0 Å². The minimum absolute atomic E-state index is 0. The third kappa shape index (κ3) is 10.5. The maximum atomic E-state index is 10.7. The average Bonchev–Trinajstić information content (AvgIpc) is 3.31. The molecule has 1 atom stereocenters. The first-order valence-electron chi connectivity index (χ1n) is 10.6. The van der Waals surface area contributed by atoms with Crippen LogP contribution in [0.5, 0.6) is 5.75 Å². The second kappa shape index (κ2) is 15.4. The van der Waals surface area contributed by atoms with Crippen LogP contribution < -0.4 is 15.4 Å². The molecule has 1 heterocycles. The standard InChI is InChI=1S/C23H36N4O3S.HI/c1-5-24-22(26-18-23(2,28)21-10-7-15-31-21)25-17-19-8-6-9-20(16-19)30-14-12-27(3)11-13-29-4;/h6-10,15-16,28H,5,11-14,17-18H2,1-4H3,(H2,24,25,26);1H. The number of hydrogen-bond donors (Lipinski definition) is 3. The molecule has 0 aliphatic carbocycles. The van der Waals surface area contributed by atoms with Crippen molar-refractivity contribution in [3.63, 3.8) is 0 Å². The number of thiophene rings is 1. The van der Waals surface area contributed by atoms with Crippen LogP contribution in [0.3, 0.4) is 0 Å². The zero-order chi connectivity index (χ0) is 22.5. The van der Waals surface area contributed by atoms with Crippen LogP contribution in [0.1, 0.15) is 24.3 Å². The van der Waals surface area contributed by atoms with Gasteiger partial charge in [0, 0.05) is 31.6 Å². The van der Waals surface area contributed by atoms with Crippen molar-refractivity contribution in [2.75, 3.05) is 53.6 Å². The summed E-state index contributed by atoms with van der Waals surface area (Å²) in [6, 6.07) is 11.9. The number of ether oxygens (including phenoxy) is 2. The number of halogens is 1. The van der Waals surface area contributed by atoms with Gasteiger partial charge < -0.3 is 30.1 Å². The highest BCUT2D eigenvalue weighted by molar-refractivity contribution is 14.0. The van der Waals surface area contributed by atoms with E-state index >= 15 is 0 Å². The molecule has 0 saturated carbocycles. The Kier molecular flexibility index (Phi) is 13.8. The summed E-state index contributed by atoms with van der Waals surface area (Å²) in [7, 11) is 3.76. The van der Waals surface area contributed by atoms with E-state index < -0.39 is 5.60 Å². The van der Waals surface area contributed by atoms with Gasteiger partial charge in [0.2, 0.25) is 0 Å². The van der Waals surface area contributed by atoms with Gasteiger partial charge in [0.25, 0.3) is 0 Å². The highest BCUT2D eigenvalue weighted by atomic mass is 127. The van der Waals surface area contributed by atoms with Gasteiger partial charge >= 0.3 is 0 Å². The molecule has 0 saturated heterocycles. The number of likely N-dealkylation sites (N-methyl/N-ethyl adjacent to an activating group) is 1. The molecule has 2 aromatic rings. The van der Waals surface area contributed by atoms with Crippen molar-refractivity contribution in [1.29, 1.82) is 0 Å². The lowest BCUT2D eigenvalue weighted by Gasteiger charge is -2.23. The number of benzene rings is 1. The summed E-state index contributed by atoms with van der Waals surface area (Å²) in [6.07, 6.45) is 0. The van der Waals surface area contributed by atoms with E-state index in [1.807, 2.05) is 55.6 Å². The van der Waals surface area contributed by atoms with Crippen molar-refractivity contribution >= 4 is 41.3 Å². The molecule has 0 aliphatic heterocycles. The van der Waals surface area contributed by atoms with Crippen LogP contribution in [-0.4, -0.2) is 69.5 Å². The minimum atomic E-state index is -0.950. The van der Waals surface area contributed by atoms with Crippen molar-refractivity contribution in [2.24, 2.45) is 4.99 Å². The number of nitrogens with one attached hydrogen (secondary N) is 2. The number of methoxy groups -OCH3 is 1. The van der Waals surface area contributed by atoms with Gasteiger partial charge in [0.15, 0.2) is 5.96 Å². The average molecular weight is 577 g/mol. The number of rotatable bonds is 13. The largest absolute Gasteiger partial charge is 0.492 e. The number of nitrogens with zero attached hydrogens (tertiary/aromatic N) is 2. The molecule has 0 radical (unpaired) electrons. The van der Waals surface area contributed by atoms with E-state index in [0.29, 0.717) is 25.7 Å². The van der Waals surface area contributed by atoms with Crippen LogP contribution in [0.4, 0.5) is 0 Å². The van der Waals surface area contributed by atoms with Crippen LogP contribution in [0.2, 0.25) is 0 Å². The summed E-state index contributed by atoms with van der Waals surface area (Å²) in [6.45, 7) is 8.52. The third-order valence-electron chi connectivity index (χ3n) is 4.73. The number of hydrogen-bond acceptors (Lipinski definition) is 6. The fourth-order valence-corrected chi connectivity index (χ4v) is 3.64. The molecule has 180 valence electrons. The van der Waals surface area contributed by atoms with E-state index in [2.05, 4.69) is 27.6 Å². The molecule has 7 nitrogen and oxygen atoms in total. The number of guanidine groups is 1. The summed E-state index contributed by atoms with van der Waals surface area (Å²) in [4.78, 5) is 7.76. The monoisotopic (exact) mass is 576 g/mol. The second-order valence-corrected chi connectivity index (χ2v) is 8.54. The molecule has 0 bridgehead atoms. The summed E-state index contributed by atoms with van der Waals surface area (Å²) < 4.78 is 11.0. The SMILES string of the molecule is CCNC(=NCc1cccc(OCCN(C)CCOC)c1)NCC(C)(O)c1cccs1.I. The lowest BCUT2D eigenvalue weighted by molar-refractivity contribution is 0.0655. The van der Waals surface area contributed by atoms with Crippen LogP contribution >= 0.6 is 35.3 Å².